The van der Waals surface area contributed by atoms with E-state index in [1.54, 1.807) is 0 Å². The maximum Gasteiger partial charge on any atom is 0.0108 e. The van der Waals surface area contributed by atoms with Gasteiger partial charge in [-0.25, -0.2) is 0 Å². The zero-order valence-corrected chi connectivity index (χ0v) is 5.77. The Labute approximate surface area is 47.5 Å². The van der Waals surface area contributed by atoms with Gasteiger partial charge >= 0.3 is 0 Å². The molecule has 0 amide bonds. The zero-order valence-electron chi connectivity index (χ0n) is 3.26. The molecule has 0 heterocycles. The predicted molar refractivity (Wildman–Crippen MR) is 29.3 cm³/mol. The fourth-order valence-corrected chi connectivity index (χ4v) is 0. The Balaban J connectivity index is -0.0000000133. The molecule has 32 valence electrons. The van der Waals surface area contributed by atoms with Crippen LogP contribution in [0.2, 0.25) is 0 Å². The molecule has 0 bridgehead atoms. The molecule has 0 saturated carbocycles. The van der Waals surface area contributed by atoms with Gasteiger partial charge in [-0.15, -0.1) is 23.2 Å². The van der Waals surface area contributed by atoms with Crippen molar-refractivity contribution in [3.8, 4) is 0 Å². The van der Waals surface area contributed by atoms with Crippen LogP contribution in [0.5, 0.6) is 0 Å². The molecule has 0 atom stereocenters. The lowest BCUT2D eigenvalue weighted by molar-refractivity contribution is 2.46. The van der Waals surface area contributed by atoms with E-state index >= 15 is 0 Å². The molecule has 3 heteroatoms. The predicted octanol–water partition coefficient (Wildman–Crippen LogP) is 1.33. The van der Waals surface area contributed by atoms with Crippen LogP contribution in [0.1, 0.15) is 0 Å². The van der Waals surface area contributed by atoms with Crippen LogP contribution < -0.4 is 0 Å². The molecule has 0 N–H and O–H groups in total. The van der Waals surface area contributed by atoms with Crippen LogP contribution in [0.4, 0.5) is 0 Å². The largest absolute Gasteiger partial charge is 0.130 e. The number of alkyl halides is 2. The van der Waals surface area contributed by atoms with E-state index in [1.165, 1.54) is 12.8 Å². The molecule has 0 rings (SSSR count). The van der Waals surface area contributed by atoms with Crippen LogP contribution >= 0.6 is 23.2 Å². The van der Waals surface area contributed by atoms with Crippen LogP contribution in [0, 0.1) is 0 Å². The average Bonchev–Trinajstić information content (AvgIpc) is 1.50. The third kappa shape index (κ3) is 59.1. The van der Waals surface area contributed by atoms with Gasteiger partial charge in [-0.2, -0.15) is 0 Å². The standard InChI is InChI=1S/2CH3Cl.Si/c2*1-2;/h2*1H3;. The normalized spacial score (nSPS) is 2.40. The van der Waals surface area contributed by atoms with Crippen molar-refractivity contribution in [3.05, 3.63) is 0 Å². The fourth-order valence-electron chi connectivity index (χ4n) is 0. The van der Waals surface area contributed by atoms with Crippen LogP contribution in [0.15, 0.2) is 0 Å². The number of hydrogen-bond donors (Lipinski definition) is 0. The Morgan fingerprint density at radius 3 is 0.800 bits per heavy atom. The molecule has 0 nitrogen and oxygen atoms in total. The van der Waals surface area contributed by atoms with Crippen LogP contribution in [-0.2, 0) is 0 Å². The van der Waals surface area contributed by atoms with Gasteiger partial charge in [0, 0.05) is 23.7 Å². The molecule has 5 heavy (non-hydrogen) atoms. The third-order valence-electron chi connectivity index (χ3n) is 0. The summed E-state index contributed by atoms with van der Waals surface area (Å²) in [6.07, 6.45) is 2.94. The SMILES string of the molecule is CCl.CCl.[Si]. The second kappa shape index (κ2) is 109. The summed E-state index contributed by atoms with van der Waals surface area (Å²) in [5.41, 5.74) is 0. The maximum absolute atomic E-state index is 4.64. The molecule has 0 aliphatic rings. The lowest BCUT2D eigenvalue weighted by Crippen LogP contribution is -0.852. The molecule has 0 aromatic heterocycles. The maximum atomic E-state index is 4.64. The molecule has 0 spiro atoms. The summed E-state index contributed by atoms with van der Waals surface area (Å²) in [6.45, 7) is 0. The smallest absolute Gasteiger partial charge is 0.0108 e. The van der Waals surface area contributed by atoms with E-state index in [0.29, 0.717) is 0 Å². The molecule has 4 radical (unpaired) electrons. The van der Waals surface area contributed by atoms with E-state index in [1.807, 2.05) is 0 Å². The first-order valence-corrected chi connectivity index (χ1v) is 2.27. The van der Waals surface area contributed by atoms with Gasteiger partial charge in [0.15, 0.2) is 0 Å². The average molecular weight is 129 g/mol. The quantitative estimate of drug-likeness (QED) is 0.342. The fraction of sp³-hybridized carbons (Fsp3) is 1.00. The van der Waals surface area contributed by atoms with E-state index in [0.717, 1.165) is 0 Å². The zero-order chi connectivity index (χ0) is 4.00. The number of hydrogen-bond acceptors (Lipinski definition) is 0. The van der Waals surface area contributed by atoms with Crippen LogP contribution in [0.25, 0.3) is 0 Å². The van der Waals surface area contributed by atoms with Gasteiger partial charge in [0.25, 0.3) is 0 Å². The molecule has 0 aromatic rings. The van der Waals surface area contributed by atoms with Gasteiger partial charge in [-0.1, -0.05) is 0 Å². The van der Waals surface area contributed by atoms with E-state index in [9.17, 15) is 0 Å². The highest BCUT2D eigenvalue weighted by Crippen LogP contribution is 1.34. The van der Waals surface area contributed by atoms with Crippen molar-refractivity contribution < 1.29 is 0 Å². The second-order valence-electron chi connectivity index (χ2n) is 0. The lowest BCUT2D eigenvalue weighted by Gasteiger charge is -1.06. The van der Waals surface area contributed by atoms with Crippen molar-refractivity contribution in [3.63, 3.8) is 0 Å². The van der Waals surface area contributed by atoms with Gasteiger partial charge < -0.3 is 0 Å². The summed E-state index contributed by atoms with van der Waals surface area (Å²) in [7, 11) is 0. The lowest BCUT2D eigenvalue weighted by atomic mass is 12.0. The van der Waals surface area contributed by atoms with Gasteiger partial charge in [0.1, 0.15) is 0 Å². The van der Waals surface area contributed by atoms with Gasteiger partial charge in [0.2, 0.25) is 0 Å². The first kappa shape index (κ1) is 17.1. The van der Waals surface area contributed by atoms with Crippen molar-refractivity contribution in [1.82, 2.24) is 0 Å². The topological polar surface area (TPSA) is 0 Å². The van der Waals surface area contributed by atoms with E-state index in [2.05, 4.69) is 23.2 Å². The molecular formula is C2H6Cl2Si. The summed E-state index contributed by atoms with van der Waals surface area (Å²) in [6, 6.07) is 0. The van der Waals surface area contributed by atoms with Gasteiger partial charge in [0.05, 0.1) is 0 Å². The molecular weight excluding hydrogens is 123 g/mol. The first-order chi connectivity index (χ1) is 2.00. The Morgan fingerprint density at radius 2 is 0.800 bits per heavy atom. The summed E-state index contributed by atoms with van der Waals surface area (Å²) in [4.78, 5) is 0. The van der Waals surface area contributed by atoms with E-state index < -0.39 is 0 Å². The monoisotopic (exact) mass is 128 g/mol. The number of halogens is 2. The third-order valence-corrected chi connectivity index (χ3v) is 0. The van der Waals surface area contributed by atoms with Crippen molar-refractivity contribution in [1.29, 1.82) is 0 Å². The summed E-state index contributed by atoms with van der Waals surface area (Å²) < 4.78 is 0. The Bertz CT molecular complexity index is 7.61. The van der Waals surface area contributed by atoms with Crippen molar-refractivity contribution in [2.75, 3.05) is 12.8 Å². The highest BCUT2D eigenvalue weighted by Gasteiger charge is 0.945. The molecule has 0 aliphatic carbocycles. The van der Waals surface area contributed by atoms with Gasteiger partial charge in [-0.3, -0.25) is 0 Å². The van der Waals surface area contributed by atoms with Crippen LogP contribution in [-0.4, -0.2) is 23.7 Å². The first-order valence-electron chi connectivity index (χ1n) is 0.756. The molecule has 0 fully saturated rings. The minimum Gasteiger partial charge on any atom is -0.130 e. The van der Waals surface area contributed by atoms with E-state index in [-0.39, 0.29) is 11.0 Å². The highest BCUT2D eigenvalue weighted by atomic mass is 35.5. The minimum atomic E-state index is 0. The van der Waals surface area contributed by atoms with Gasteiger partial charge in [-0.05, 0) is 0 Å². The Hall–Kier alpha value is 0.797. The van der Waals surface area contributed by atoms with Crippen molar-refractivity contribution in [2.45, 2.75) is 0 Å². The van der Waals surface area contributed by atoms with E-state index in [4.69, 9.17) is 0 Å². The molecule has 0 unspecified atom stereocenters. The second-order valence-corrected chi connectivity index (χ2v) is 0. The summed E-state index contributed by atoms with van der Waals surface area (Å²) in [5, 5.41) is 0. The highest BCUT2D eigenvalue weighted by molar-refractivity contribution is 6.15. The van der Waals surface area contributed by atoms with Crippen molar-refractivity contribution >= 4 is 34.2 Å². The van der Waals surface area contributed by atoms with Crippen molar-refractivity contribution in [2.24, 2.45) is 0 Å². The summed E-state index contributed by atoms with van der Waals surface area (Å²) >= 11 is 9.28. The number of rotatable bonds is 0. The Morgan fingerprint density at radius 1 is 0.800 bits per heavy atom. The Kier molecular flexibility index (Phi) is 371. The molecule has 0 saturated heterocycles. The van der Waals surface area contributed by atoms with Crippen LogP contribution in [0.3, 0.4) is 0 Å². The molecule has 0 aromatic carbocycles. The summed E-state index contributed by atoms with van der Waals surface area (Å²) in [5.74, 6) is 0. The minimum absolute atomic E-state index is 0. The molecule has 0 aliphatic heterocycles.